The average Bonchev–Trinajstić information content (AvgIpc) is 2.48. The van der Waals surface area contributed by atoms with Crippen LogP contribution in [0.4, 0.5) is 5.69 Å². The third kappa shape index (κ3) is 2.99. The number of halogens is 1. The summed E-state index contributed by atoms with van der Waals surface area (Å²) in [7, 11) is 0. The molecule has 0 saturated carbocycles. The van der Waals surface area contributed by atoms with E-state index in [1.165, 1.54) is 17.8 Å². The van der Waals surface area contributed by atoms with Gasteiger partial charge in [0.25, 0.3) is 5.69 Å². The monoisotopic (exact) mass is 316 g/mol. The van der Waals surface area contributed by atoms with Crippen molar-refractivity contribution in [2.45, 2.75) is 9.79 Å². The first kappa shape index (κ1) is 13.9. The minimum Gasteiger partial charge on any atom is -0.258 e. The summed E-state index contributed by atoms with van der Waals surface area (Å²) in [6.45, 7) is 0. The predicted molar refractivity (Wildman–Crippen MR) is 84.0 cm³/mol. The van der Waals surface area contributed by atoms with Crippen LogP contribution in [0.1, 0.15) is 0 Å². The van der Waals surface area contributed by atoms with Crippen molar-refractivity contribution in [2.75, 3.05) is 0 Å². The lowest BCUT2D eigenvalue weighted by atomic mass is 10.2. The van der Waals surface area contributed by atoms with E-state index in [2.05, 4.69) is 4.98 Å². The number of benzene rings is 2. The molecule has 0 bridgehead atoms. The van der Waals surface area contributed by atoms with Crippen LogP contribution in [0.25, 0.3) is 10.9 Å². The quantitative estimate of drug-likeness (QED) is 0.507. The number of para-hydroxylation sites is 1. The Bertz CT molecular complexity index is 822. The molecule has 0 amide bonds. The lowest BCUT2D eigenvalue weighted by molar-refractivity contribution is -0.383. The standard InChI is InChI=1S/C15H9ClN2O2S/c16-11-4-6-12(7-5-11)21-13-8-10-2-1-3-14(18(19)20)15(10)17-9-13/h1-9H. The predicted octanol–water partition coefficient (Wildman–Crippen LogP) is 4.95. The molecule has 0 aliphatic carbocycles. The Labute approximate surface area is 129 Å². The Morgan fingerprint density at radius 1 is 1.10 bits per heavy atom. The van der Waals surface area contributed by atoms with Gasteiger partial charge in [0.2, 0.25) is 0 Å². The number of nitrogens with zero attached hydrogens (tertiary/aromatic N) is 2. The lowest BCUT2D eigenvalue weighted by Crippen LogP contribution is -1.91. The number of aromatic nitrogens is 1. The Hall–Kier alpha value is -2.11. The van der Waals surface area contributed by atoms with Gasteiger partial charge in [-0.2, -0.15) is 0 Å². The normalized spacial score (nSPS) is 10.7. The van der Waals surface area contributed by atoms with Crippen molar-refractivity contribution in [2.24, 2.45) is 0 Å². The van der Waals surface area contributed by atoms with Crippen molar-refractivity contribution >= 4 is 40.0 Å². The van der Waals surface area contributed by atoms with Crippen LogP contribution in [0.5, 0.6) is 0 Å². The molecule has 4 nitrogen and oxygen atoms in total. The van der Waals surface area contributed by atoms with Gasteiger partial charge >= 0.3 is 0 Å². The molecule has 21 heavy (non-hydrogen) atoms. The Morgan fingerprint density at radius 3 is 2.57 bits per heavy atom. The van der Waals surface area contributed by atoms with Crippen LogP contribution in [0, 0.1) is 10.1 Å². The highest BCUT2D eigenvalue weighted by Gasteiger charge is 2.12. The van der Waals surface area contributed by atoms with Gasteiger partial charge in [-0.05, 0) is 30.3 Å². The number of nitro benzene ring substituents is 1. The van der Waals surface area contributed by atoms with Crippen LogP contribution in [0.2, 0.25) is 5.02 Å². The Kier molecular flexibility index (Phi) is 3.77. The summed E-state index contributed by atoms with van der Waals surface area (Å²) in [6, 6.07) is 14.3. The van der Waals surface area contributed by atoms with Gasteiger partial charge in [-0.3, -0.25) is 10.1 Å². The first-order chi connectivity index (χ1) is 10.1. The number of rotatable bonds is 3. The molecule has 0 aliphatic rings. The van der Waals surface area contributed by atoms with Crippen LogP contribution >= 0.6 is 23.4 Å². The number of nitro groups is 1. The molecular weight excluding hydrogens is 308 g/mol. The second-order valence-corrected chi connectivity index (χ2v) is 5.92. The van der Waals surface area contributed by atoms with E-state index in [0.29, 0.717) is 10.5 Å². The topological polar surface area (TPSA) is 56.0 Å². The van der Waals surface area contributed by atoms with Gasteiger partial charge < -0.3 is 0 Å². The first-order valence-electron chi connectivity index (χ1n) is 6.10. The summed E-state index contributed by atoms with van der Waals surface area (Å²) < 4.78 is 0. The molecule has 0 saturated heterocycles. The van der Waals surface area contributed by atoms with E-state index in [9.17, 15) is 10.1 Å². The van der Waals surface area contributed by atoms with Crippen LogP contribution in [-0.4, -0.2) is 9.91 Å². The molecule has 0 N–H and O–H groups in total. The molecule has 1 aromatic heterocycles. The molecule has 2 aromatic carbocycles. The largest absolute Gasteiger partial charge is 0.295 e. The summed E-state index contributed by atoms with van der Waals surface area (Å²) in [5.74, 6) is 0. The number of fused-ring (bicyclic) bond motifs is 1. The third-order valence-corrected chi connectivity index (χ3v) is 4.13. The minimum atomic E-state index is -0.415. The molecule has 3 aromatic rings. The zero-order valence-corrected chi connectivity index (χ0v) is 12.3. The third-order valence-electron chi connectivity index (χ3n) is 2.91. The molecule has 0 unspecified atom stereocenters. The SMILES string of the molecule is O=[N+]([O-])c1cccc2cc(Sc3ccc(Cl)cc3)cnc12. The van der Waals surface area contributed by atoms with Gasteiger partial charge in [0.15, 0.2) is 0 Å². The summed E-state index contributed by atoms with van der Waals surface area (Å²) >= 11 is 7.39. The summed E-state index contributed by atoms with van der Waals surface area (Å²) in [5, 5.41) is 12.4. The second-order valence-electron chi connectivity index (χ2n) is 4.33. The fraction of sp³-hybridized carbons (Fsp3) is 0. The van der Waals surface area contributed by atoms with E-state index in [-0.39, 0.29) is 5.69 Å². The zero-order chi connectivity index (χ0) is 14.8. The number of hydrogen-bond acceptors (Lipinski definition) is 4. The van der Waals surface area contributed by atoms with Crippen LogP contribution in [-0.2, 0) is 0 Å². The van der Waals surface area contributed by atoms with Crippen molar-refractivity contribution in [1.82, 2.24) is 4.98 Å². The van der Waals surface area contributed by atoms with Crippen LogP contribution < -0.4 is 0 Å². The van der Waals surface area contributed by atoms with E-state index >= 15 is 0 Å². The van der Waals surface area contributed by atoms with E-state index in [4.69, 9.17) is 11.6 Å². The van der Waals surface area contributed by atoms with Crippen molar-refractivity contribution in [1.29, 1.82) is 0 Å². The van der Waals surface area contributed by atoms with Crippen molar-refractivity contribution < 1.29 is 4.92 Å². The molecular formula is C15H9ClN2O2S. The van der Waals surface area contributed by atoms with Crippen molar-refractivity contribution in [3.05, 3.63) is 69.9 Å². The number of pyridine rings is 1. The van der Waals surface area contributed by atoms with Gasteiger partial charge in [0, 0.05) is 32.5 Å². The molecule has 6 heteroatoms. The molecule has 1 heterocycles. The molecule has 0 aliphatic heterocycles. The number of non-ortho nitro benzene ring substituents is 1. The maximum atomic E-state index is 11.0. The summed E-state index contributed by atoms with van der Waals surface area (Å²) in [5.41, 5.74) is 0.429. The van der Waals surface area contributed by atoms with E-state index < -0.39 is 4.92 Å². The van der Waals surface area contributed by atoms with Crippen LogP contribution in [0.15, 0.2) is 64.5 Å². The molecule has 0 spiro atoms. The molecule has 3 rings (SSSR count). The maximum absolute atomic E-state index is 11.0. The fourth-order valence-electron chi connectivity index (χ4n) is 1.97. The first-order valence-corrected chi connectivity index (χ1v) is 7.29. The zero-order valence-electron chi connectivity index (χ0n) is 10.7. The van der Waals surface area contributed by atoms with Gasteiger partial charge in [-0.25, -0.2) is 4.98 Å². The Balaban J connectivity index is 1.98. The highest BCUT2D eigenvalue weighted by molar-refractivity contribution is 7.99. The molecule has 0 fully saturated rings. The van der Waals surface area contributed by atoms with Gasteiger partial charge in [-0.1, -0.05) is 35.5 Å². The Morgan fingerprint density at radius 2 is 1.86 bits per heavy atom. The fourth-order valence-corrected chi connectivity index (χ4v) is 2.93. The molecule has 0 atom stereocenters. The van der Waals surface area contributed by atoms with E-state index in [1.807, 2.05) is 36.4 Å². The van der Waals surface area contributed by atoms with Crippen molar-refractivity contribution in [3.63, 3.8) is 0 Å². The second kappa shape index (κ2) is 5.71. The van der Waals surface area contributed by atoms with Crippen molar-refractivity contribution in [3.8, 4) is 0 Å². The summed E-state index contributed by atoms with van der Waals surface area (Å²) in [6.07, 6.45) is 1.65. The number of hydrogen-bond donors (Lipinski definition) is 0. The molecule has 0 radical (unpaired) electrons. The smallest absolute Gasteiger partial charge is 0.258 e. The van der Waals surface area contributed by atoms with Crippen LogP contribution in [0.3, 0.4) is 0 Å². The molecule has 104 valence electrons. The van der Waals surface area contributed by atoms with E-state index in [1.54, 1.807) is 12.3 Å². The maximum Gasteiger partial charge on any atom is 0.295 e. The minimum absolute atomic E-state index is 0.0237. The van der Waals surface area contributed by atoms with Gasteiger partial charge in [-0.15, -0.1) is 0 Å². The lowest BCUT2D eigenvalue weighted by Gasteiger charge is -2.04. The van der Waals surface area contributed by atoms with E-state index in [0.717, 1.165) is 15.2 Å². The highest BCUT2D eigenvalue weighted by atomic mass is 35.5. The van der Waals surface area contributed by atoms with Gasteiger partial charge in [0.1, 0.15) is 5.52 Å². The highest BCUT2D eigenvalue weighted by Crippen LogP contribution is 2.31. The van der Waals surface area contributed by atoms with Gasteiger partial charge in [0.05, 0.1) is 4.92 Å². The average molecular weight is 317 g/mol. The summed E-state index contributed by atoms with van der Waals surface area (Å²) in [4.78, 5) is 16.7.